The number of rotatable bonds is 4. The number of benzene rings is 2. The molecule has 0 spiro atoms. The summed E-state index contributed by atoms with van der Waals surface area (Å²) in [5.74, 6) is -3.30. The highest BCUT2D eigenvalue weighted by atomic mass is 79.9. The molecule has 2 aliphatic rings. The molecule has 0 unspecified atom stereocenters. The minimum absolute atomic E-state index is 0.0113. The van der Waals surface area contributed by atoms with Gasteiger partial charge in [0, 0.05) is 22.7 Å². The largest absolute Gasteiger partial charge is 0.481 e. The van der Waals surface area contributed by atoms with Crippen LogP contribution in [0.4, 0.5) is 0 Å². The highest BCUT2D eigenvalue weighted by Gasteiger charge is 2.78. The molecule has 6 rings (SSSR count). The number of fused-ring (bicyclic) bond motifs is 3. The number of hydrogen-bond acceptors (Lipinski definition) is 6. The number of ether oxygens (including phenoxy) is 1. The Hall–Kier alpha value is -3.08. The van der Waals surface area contributed by atoms with E-state index in [9.17, 15) is 20.1 Å². The van der Waals surface area contributed by atoms with Crippen LogP contribution in [0, 0.1) is 10.6 Å². The number of carboxylic acids is 1. The molecule has 10 heteroatoms. The van der Waals surface area contributed by atoms with Gasteiger partial charge in [-0.1, -0.05) is 88.3 Å². The smallest absolute Gasteiger partial charge is 0.310 e. The van der Waals surface area contributed by atoms with Crippen LogP contribution >= 0.6 is 39.7 Å². The van der Waals surface area contributed by atoms with Gasteiger partial charge >= 0.3 is 5.97 Å². The molecular weight excluding hydrogens is 592 g/mol. The fraction of sp³-hybridized carbons (Fsp3) is 0.179. The standard InChI is InChI=1S/C28H20BrClN2O5S/c29-17-11-9-16(10-12-17)28-22(15-6-2-1-3-7-15)21(26(34)35)24(33)27(28,36)23-19(37-28)14-18(30)25(31-23)32-13-5-4-8-20(32)38/h1-14,21-22,24,33,36H,(H,34,35)/t21-,22-,24-,27+,28+/m1/s1. The summed E-state index contributed by atoms with van der Waals surface area (Å²) in [6.45, 7) is 0. The number of hydrogen-bond donors (Lipinski definition) is 3. The highest BCUT2D eigenvalue weighted by Crippen LogP contribution is 2.68. The fourth-order valence-corrected chi connectivity index (χ4v) is 6.63. The molecule has 5 atom stereocenters. The van der Waals surface area contributed by atoms with Gasteiger partial charge in [-0.25, -0.2) is 4.98 Å². The van der Waals surface area contributed by atoms with Crippen molar-refractivity contribution in [3.63, 3.8) is 0 Å². The minimum atomic E-state index is -2.25. The van der Waals surface area contributed by atoms with E-state index in [0.29, 0.717) is 15.8 Å². The van der Waals surface area contributed by atoms with E-state index in [1.807, 2.05) is 6.07 Å². The summed E-state index contributed by atoms with van der Waals surface area (Å²) in [5, 5.41) is 34.9. The van der Waals surface area contributed by atoms with Crippen molar-refractivity contribution < 1.29 is 24.9 Å². The van der Waals surface area contributed by atoms with Crippen LogP contribution in [0.5, 0.6) is 5.75 Å². The average molecular weight is 612 g/mol. The van der Waals surface area contributed by atoms with E-state index in [4.69, 9.17) is 28.6 Å². The second kappa shape index (κ2) is 9.00. The lowest BCUT2D eigenvalue weighted by atomic mass is 9.71. The van der Waals surface area contributed by atoms with Crippen molar-refractivity contribution in [2.75, 3.05) is 0 Å². The Labute approximate surface area is 236 Å². The van der Waals surface area contributed by atoms with E-state index >= 15 is 0 Å². The first kappa shape index (κ1) is 25.2. The van der Waals surface area contributed by atoms with Gasteiger partial charge in [0.15, 0.2) is 17.0 Å². The summed E-state index contributed by atoms with van der Waals surface area (Å²) in [7, 11) is 0. The lowest BCUT2D eigenvalue weighted by Crippen LogP contribution is -2.52. The van der Waals surface area contributed by atoms with Crippen molar-refractivity contribution in [2.45, 2.75) is 23.2 Å². The number of pyridine rings is 2. The molecule has 0 amide bonds. The molecular formula is C28H20BrClN2O5S. The van der Waals surface area contributed by atoms with Gasteiger partial charge in [0.25, 0.3) is 0 Å². The molecule has 1 aliphatic heterocycles. The zero-order chi connectivity index (χ0) is 26.8. The molecule has 4 aromatic rings. The van der Waals surface area contributed by atoms with Crippen LogP contribution < -0.4 is 4.74 Å². The monoisotopic (exact) mass is 610 g/mol. The molecule has 3 N–H and O–H groups in total. The second-order valence-electron chi connectivity index (χ2n) is 9.36. The predicted molar refractivity (Wildman–Crippen MR) is 146 cm³/mol. The van der Waals surface area contributed by atoms with Gasteiger partial charge in [0.05, 0.1) is 10.9 Å². The Kier molecular flexibility index (Phi) is 5.97. The number of aliphatic hydroxyl groups excluding tert-OH is 1. The van der Waals surface area contributed by atoms with Gasteiger partial charge in [0.1, 0.15) is 22.2 Å². The van der Waals surface area contributed by atoms with Crippen LogP contribution in [-0.2, 0) is 16.0 Å². The number of aliphatic hydroxyl groups is 2. The molecule has 7 nitrogen and oxygen atoms in total. The Morgan fingerprint density at radius 2 is 1.76 bits per heavy atom. The predicted octanol–water partition coefficient (Wildman–Crippen LogP) is 5.35. The third-order valence-corrected chi connectivity index (χ3v) is 8.59. The number of carboxylic acid groups (broad SMARTS) is 1. The van der Waals surface area contributed by atoms with Crippen LogP contribution in [0.25, 0.3) is 5.82 Å². The van der Waals surface area contributed by atoms with Gasteiger partial charge < -0.3 is 20.1 Å². The maximum Gasteiger partial charge on any atom is 0.310 e. The van der Waals surface area contributed by atoms with E-state index in [2.05, 4.69) is 20.9 Å². The zero-order valence-electron chi connectivity index (χ0n) is 19.5. The summed E-state index contributed by atoms with van der Waals surface area (Å²) in [4.78, 5) is 17.4. The quantitative estimate of drug-likeness (QED) is 0.267. The van der Waals surface area contributed by atoms with E-state index in [1.54, 1.807) is 77.5 Å². The molecule has 0 bridgehead atoms. The van der Waals surface area contributed by atoms with Gasteiger partial charge in [0.2, 0.25) is 0 Å². The molecule has 2 aromatic carbocycles. The average Bonchev–Trinajstić information content (AvgIpc) is 3.27. The molecule has 192 valence electrons. The number of halogens is 2. The van der Waals surface area contributed by atoms with Crippen LogP contribution in [0.1, 0.15) is 22.7 Å². The molecule has 38 heavy (non-hydrogen) atoms. The molecule has 2 aromatic heterocycles. The molecule has 0 saturated heterocycles. The second-order valence-corrected chi connectivity index (χ2v) is 11.1. The van der Waals surface area contributed by atoms with E-state index in [-0.39, 0.29) is 22.3 Å². The summed E-state index contributed by atoms with van der Waals surface area (Å²) in [5.41, 5.74) is -2.94. The van der Waals surface area contributed by atoms with Gasteiger partial charge in [-0.05, 0) is 35.4 Å². The van der Waals surface area contributed by atoms with Crippen LogP contribution in [0.15, 0.2) is 89.5 Å². The van der Waals surface area contributed by atoms with Crippen molar-refractivity contribution in [3.8, 4) is 11.6 Å². The minimum Gasteiger partial charge on any atom is -0.481 e. The number of nitrogens with zero attached hydrogens (tertiary/aromatic N) is 2. The Balaban J connectivity index is 1.69. The number of aliphatic carboxylic acids is 1. The van der Waals surface area contributed by atoms with Gasteiger partial charge in [-0.15, -0.1) is 0 Å². The van der Waals surface area contributed by atoms with Crippen LogP contribution in [0.3, 0.4) is 0 Å². The molecule has 0 radical (unpaired) electrons. The molecule has 1 fully saturated rings. The molecule has 1 saturated carbocycles. The lowest BCUT2D eigenvalue weighted by molar-refractivity contribution is -0.160. The maximum absolute atomic E-state index is 12.7. The summed E-state index contributed by atoms with van der Waals surface area (Å²) < 4.78 is 9.37. The SMILES string of the molecule is O=C(O)[C@H]1[C@@H](O)[C@@]2(O)c3nc(-n4ccccc4=S)c(Cl)cc3O[C@@]2(c2ccc(Br)cc2)[C@@H]1c1ccccc1. The summed E-state index contributed by atoms with van der Waals surface area (Å²) in [6.07, 6.45) is -0.0942. The van der Waals surface area contributed by atoms with Crippen molar-refractivity contribution in [1.82, 2.24) is 9.55 Å². The fourth-order valence-electron chi connectivity index (χ4n) is 5.90. The number of carbonyl (C=O) groups is 1. The van der Waals surface area contributed by atoms with Crippen molar-refractivity contribution >= 4 is 45.7 Å². The van der Waals surface area contributed by atoms with E-state index in [1.165, 1.54) is 6.07 Å². The first-order valence-corrected chi connectivity index (χ1v) is 13.3. The Morgan fingerprint density at radius 3 is 2.42 bits per heavy atom. The Morgan fingerprint density at radius 1 is 1.08 bits per heavy atom. The van der Waals surface area contributed by atoms with Crippen molar-refractivity contribution in [2.24, 2.45) is 5.92 Å². The Bertz CT molecular complexity index is 1630. The van der Waals surface area contributed by atoms with E-state index < -0.39 is 35.1 Å². The molecule has 3 heterocycles. The van der Waals surface area contributed by atoms with Gasteiger partial charge in [-0.2, -0.15) is 0 Å². The van der Waals surface area contributed by atoms with Gasteiger partial charge in [-0.3, -0.25) is 9.36 Å². The normalized spacial score (nSPS) is 27.4. The molecule has 1 aliphatic carbocycles. The van der Waals surface area contributed by atoms with Crippen LogP contribution in [-0.4, -0.2) is 36.9 Å². The van der Waals surface area contributed by atoms with Crippen molar-refractivity contribution in [1.29, 1.82) is 0 Å². The topological polar surface area (TPSA) is 105 Å². The first-order valence-electron chi connectivity index (χ1n) is 11.7. The van der Waals surface area contributed by atoms with Crippen molar-refractivity contribution in [3.05, 3.63) is 116 Å². The van der Waals surface area contributed by atoms with E-state index in [0.717, 1.165) is 4.47 Å². The number of aromatic nitrogens is 2. The first-order chi connectivity index (χ1) is 18.2. The zero-order valence-corrected chi connectivity index (χ0v) is 22.7. The third-order valence-electron chi connectivity index (χ3n) is 7.45. The summed E-state index contributed by atoms with van der Waals surface area (Å²) in [6, 6.07) is 22.7. The summed E-state index contributed by atoms with van der Waals surface area (Å²) >= 11 is 15.5. The maximum atomic E-state index is 12.7. The lowest BCUT2D eigenvalue weighted by Gasteiger charge is -2.40. The highest BCUT2D eigenvalue weighted by molar-refractivity contribution is 9.10. The third kappa shape index (κ3) is 3.36. The van der Waals surface area contributed by atoms with Crippen LogP contribution in [0.2, 0.25) is 5.02 Å².